The molecule has 0 bridgehead atoms. The summed E-state index contributed by atoms with van der Waals surface area (Å²) in [5, 5.41) is 11.0. The van der Waals surface area contributed by atoms with E-state index in [0.717, 1.165) is 38.8 Å². The van der Waals surface area contributed by atoms with Crippen molar-refractivity contribution in [3.05, 3.63) is 27.9 Å². The van der Waals surface area contributed by atoms with Crippen LogP contribution in [0.2, 0.25) is 0 Å². The van der Waals surface area contributed by atoms with E-state index >= 15 is 0 Å². The highest BCUT2D eigenvalue weighted by Gasteiger charge is 2.26. The highest BCUT2D eigenvalue weighted by Crippen LogP contribution is 2.26. The second kappa shape index (κ2) is 7.20. The Balaban J connectivity index is 2.09. The van der Waals surface area contributed by atoms with Crippen LogP contribution in [0.25, 0.3) is 0 Å². The zero-order chi connectivity index (χ0) is 16.1. The van der Waals surface area contributed by atoms with Gasteiger partial charge in [0.1, 0.15) is 5.69 Å². The second-order valence-electron chi connectivity index (χ2n) is 5.53. The number of carbonyl (C=O) groups is 1. The lowest BCUT2D eigenvalue weighted by atomic mass is 10.2. The fourth-order valence-electron chi connectivity index (χ4n) is 2.54. The van der Waals surface area contributed by atoms with Gasteiger partial charge in [-0.3, -0.25) is 4.79 Å². The Bertz CT molecular complexity index is 554. The van der Waals surface area contributed by atoms with Crippen LogP contribution in [0.15, 0.2) is 12.1 Å². The lowest BCUT2D eigenvalue weighted by molar-refractivity contribution is -0.390. The third-order valence-electron chi connectivity index (χ3n) is 3.72. The zero-order valence-corrected chi connectivity index (χ0v) is 12.9. The first-order valence-electron chi connectivity index (χ1n) is 7.56. The van der Waals surface area contributed by atoms with E-state index < -0.39 is 11.0 Å². The maximum absolute atomic E-state index is 12.4. The highest BCUT2D eigenvalue weighted by atomic mass is 16.6. The molecule has 0 saturated carbocycles. The second-order valence-corrected chi connectivity index (χ2v) is 5.53. The Morgan fingerprint density at radius 3 is 2.55 bits per heavy atom. The van der Waals surface area contributed by atoms with Crippen molar-refractivity contribution in [2.24, 2.45) is 0 Å². The molecule has 1 aromatic heterocycles. The van der Waals surface area contributed by atoms with Gasteiger partial charge in [0.15, 0.2) is 6.10 Å². The molecular formula is C15H21N3O4. The Labute approximate surface area is 129 Å². The number of hydrogen-bond donors (Lipinski definition) is 0. The number of likely N-dealkylation sites (tertiary alicyclic amines) is 1. The summed E-state index contributed by atoms with van der Waals surface area (Å²) in [7, 11) is 0. The standard InChI is InChI=1S/C15H21N3O4/c1-11-7-8-13(14(16-11)18(20)21)22-12(2)15(19)17-9-5-3-4-6-10-17/h7-8,12H,3-6,9-10H2,1-2H3/t12-/m0/s1. The molecule has 1 aliphatic heterocycles. The molecule has 0 spiro atoms. The summed E-state index contributed by atoms with van der Waals surface area (Å²) in [6.45, 7) is 4.74. The highest BCUT2D eigenvalue weighted by molar-refractivity contribution is 5.81. The van der Waals surface area contributed by atoms with Crippen LogP contribution in [0.4, 0.5) is 5.82 Å². The minimum atomic E-state index is -0.763. The summed E-state index contributed by atoms with van der Waals surface area (Å²) < 4.78 is 5.52. The van der Waals surface area contributed by atoms with Crippen molar-refractivity contribution in [2.45, 2.75) is 45.6 Å². The van der Waals surface area contributed by atoms with Crippen molar-refractivity contribution < 1.29 is 14.5 Å². The molecule has 0 N–H and O–H groups in total. The molecule has 1 saturated heterocycles. The summed E-state index contributed by atoms with van der Waals surface area (Å²) in [5.41, 5.74) is 0.533. The van der Waals surface area contributed by atoms with Crippen molar-refractivity contribution in [2.75, 3.05) is 13.1 Å². The Kier molecular flexibility index (Phi) is 5.30. The van der Waals surface area contributed by atoms with Gasteiger partial charge in [0.2, 0.25) is 5.75 Å². The number of ether oxygens (including phenoxy) is 1. The lowest BCUT2D eigenvalue weighted by Gasteiger charge is -2.24. The molecule has 7 heteroatoms. The molecule has 2 heterocycles. The minimum Gasteiger partial charge on any atom is -0.473 e. The Morgan fingerprint density at radius 1 is 1.32 bits per heavy atom. The molecule has 1 fully saturated rings. The summed E-state index contributed by atoms with van der Waals surface area (Å²) in [4.78, 5) is 28.5. The van der Waals surface area contributed by atoms with Crippen molar-refractivity contribution in [3.8, 4) is 5.75 Å². The van der Waals surface area contributed by atoms with Crippen LogP contribution >= 0.6 is 0 Å². The molecule has 1 atom stereocenters. The number of hydrogen-bond acceptors (Lipinski definition) is 5. The van der Waals surface area contributed by atoms with Gasteiger partial charge in [0.25, 0.3) is 5.91 Å². The molecule has 0 aliphatic carbocycles. The molecule has 7 nitrogen and oxygen atoms in total. The van der Waals surface area contributed by atoms with Crippen LogP contribution in [0.3, 0.4) is 0 Å². The third kappa shape index (κ3) is 3.93. The monoisotopic (exact) mass is 307 g/mol. The van der Waals surface area contributed by atoms with Crippen molar-refractivity contribution in [3.63, 3.8) is 0 Å². The van der Waals surface area contributed by atoms with Gasteiger partial charge >= 0.3 is 5.82 Å². The van der Waals surface area contributed by atoms with Crippen LogP contribution in [0, 0.1) is 17.0 Å². The average Bonchev–Trinajstić information content (AvgIpc) is 2.77. The number of aromatic nitrogens is 1. The average molecular weight is 307 g/mol. The smallest absolute Gasteiger partial charge is 0.406 e. The van der Waals surface area contributed by atoms with E-state index in [1.165, 1.54) is 6.07 Å². The van der Waals surface area contributed by atoms with Crippen LogP contribution in [-0.2, 0) is 4.79 Å². The fourth-order valence-corrected chi connectivity index (χ4v) is 2.54. The quantitative estimate of drug-likeness (QED) is 0.630. The molecular weight excluding hydrogens is 286 g/mol. The van der Waals surface area contributed by atoms with E-state index in [9.17, 15) is 14.9 Å². The first kappa shape index (κ1) is 16.2. The van der Waals surface area contributed by atoms with Gasteiger partial charge in [-0.05, 0) is 41.8 Å². The van der Waals surface area contributed by atoms with Gasteiger partial charge in [0, 0.05) is 20.0 Å². The number of amides is 1. The number of nitrogens with zero attached hydrogens (tertiary/aromatic N) is 3. The Hall–Kier alpha value is -2.18. The molecule has 1 aliphatic rings. The molecule has 1 amide bonds. The van der Waals surface area contributed by atoms with Crippen LogP contribution in [0.1, 0.15) is 38.3 Å². The number of aryl methyl sites for hydroxylation is 1. The predicted molar refractivity (Wildman–Crippen MR) is 80.8 cm³/mol. The van der Waals surface area contributed by atoms with E-state index in [1.54, 1.807) is 24.8 Å². The van der Waals surface area contributed by atoms with Gasteiger partial charge in [-0.15, -0.1) is 0 Å². The maximum Gasteiger partial charge on any atom is 0.406 e. The van der Waals surface area contributed by atoms with Crippen molar-refractivity contribution in [1.82, 2.24) is 9.88 Å². The molecule has 22 heavy (non-hydrogen) atoms. The first-order chi connectivity index (χ1) is 10.5. The van der Waals surface area contributed by atoms with E-state index in [1.807, 2.05) is 0 Å². The van der Waals surface area contributed by atoms with Crippen molar-refractivity contribution >= 4 is 11.7 Å². The van der Waals surface area contributed by atoms with Crippen LogP contribution in [0.5, 0.6) is 5.75 Å². The molecule has 0 aromatic carbocycles. The number of carbonyl (C=O) groups excluding carboxylic acids is 1. The number of rotatable bonds is 4. The first-order valence-corrected chi connectivity index (χ1v) is 7.56. The lowest BCUT2D eigenvalue weighted by Crippen LogP contribution is -2.41. The normalized spacial score (nSPS) is 16.7. The van der Waals surface area contributed by atoms with E-state index in [4.69, 9.17) is 4.74 Å². The summed E-state index contributed by atoms with van der Waals surface area (Å²) in [5.74, 6) is -0.446. The van der Waals surface area contributed by atoms with Crippen molar-refractivity contribution in [1.29, 1.82) is 0 Å². The maximum atomic E-state index is 12.4. The fraction of sp³-hybridized carbons (Fsp3) is 0.600. The van der Waals surface area contributed by atoms with E-state index in [2.05, 4.69) is 4.98 Å². The number of nitro groups is 1. The minimum absolute atomic E-state index is 0.0336. The van der Waals surface area contributed by atoms with E-state index in [-0.39, 0.29) is 17.5 Å². The van der Waals surface area contributed by atoms with Crippen LogP contribution < -0.4 is 4.74 Å². The predicted octanol–water partition coefficient (Wildman–Crippen LogP) is 2.47. The van der Waals surface area contributed by atoms with Crippen LogP contribution in [-0.4, -0.2) is 39.9 Å². The summed E-state index contributed by atoms with van der Waals surface area (Å²) in [6, 6.07) is 3.12. The molecule has 120 valence electrons. The van der Waals surface area contributed by atoms with Gasteiger partial charge in [0.05, 0.1) is 0 Å². The SMILES string of the molecule is Cc1ccc(O[C@@H](C)C(=O)N2CCCCCC2)c([N+](=O)[O-])n1. The van der Waals surface area contributed by atoms with E-state index in [0.29, 0.717) is 5.69 Å². The van der Waals surface area contributed by atoms with Gasteiger partial charge in [-0.2, -0.15) is 0 Å². The Morgan fingerprint density at radius 2 is 1.95 bits per heavy atom. The summed E-state index contributed by atoms with van der Waals surface area (Å²) in [6.07, 6.45) is 3.48. The molecule has 0 radical (unpaired) electrons. The van der Waals surface area contributed by atoms with Gasteiger partial charge in [-0.1, -0.05) is 12.8 Å². The largest absolute Gasteiger partial charge is 0.473 e. The zero-order valence-electron chi connectivity index (χ0n) is 12.9. The summed E-state index contributed by atoms with van der Waals surface area (Å²) >= 11 is 0. The third-order valence-corrected chi connectivity index (χ3v) is 3.72. The molecule has 0 unspecified atom stereocenters. The topological polar surface area (TPSA) is 85.6 Å². The molecule has 2 rings (SSSR count). The van der Waals surface area contributed by atoms with Gasteiger partial charge in [-0.25, -0.2) is 0 Å². The van der Waals surface area contributed by atoms with Gasteiger partial charge < -0.3 is 19.8 Å². The number of pyridine rings is 1. The molecule has 1 aromatic rings.